The predicted octanol–water partition coefficient (Wildman–Crippen LogP) is 0.400. The van der Waals surface area contributed by atoms with E-state index in [4.69, 9.17) is 43.0 Å². The van der Waals surface area contributed by atoms with E-state index in [1.807, 2.05) is 0 Å². The lowest BCUT2D eigenvalue weighted by molar-refractivity contribution is -0.197. The Labute approximate surface area is 420 Å². The van der Waals surface area contributed by atoms with E-state index >= 15 is 0 Å². The molecule has 0 aliphatic carbocycles. The molecule has 0 aromatic carbocycles. The average molecular weight is 1050 g/mol. The van der Waals surface area contributed by atoms with Gasteiger partial charge in [0.15, 0.2) is 6.79 Å². The first-order chi connectivity index (χ1) is 35.2. The van der Waals surface area contributed by atoms with E-state index in [9.17, 15) is 76.7 Å². The highest BCUT2D eigenvalue weighted by atomic mass is 16.7. The summed E-state index contributed by atoms with van der Waals surface area (Å²) in [5, 5.41) is 1.46. The lowest BCUT2D eigenvalue weighted by atomic mass is 9.79. The number of hydrogen-bond donors (Lipinski definition) is 0. The molecule has 4 heterocycles. The maximum absolute atomic E-state index is 12.8. The summed E-state index contributed by atoms with van der Waals surface area (Å²) < 4.78 is 27.1. The molecule has 29 nitrogen and oxygen atoms in total. The van der Waals surface area contributed by atoms with Crippen molar-refractivity contribution in [3.63, 3.8) is 0 Å². The van der Waals surface area contributed by atoms with Gasteiger partial charge in [0.1, 0.15) is 0 Å². The van der Waals surface area contributed by atoms with Crippen molar-refractivity contribution in [2.24, 2.45) is 5.41 Å². The van der Waals surface area contributed by atoms with Crippen molar-refractivity contribution in [1.29, 1.82) is 0 Å². The molecule has 4 aliphatic rings. The number of esters is 4. The first-order valence-corrected chi connectivity index (χ1v) is 23.7. The highest BCUT2D eigenvalue weighted by molar-refractivity contribution is 6.03. The summed E-state index contributed by atoms with van der Waals surface area (Å²) >= 11 is 0. The number of carbonyl (C=O) groups is 16. The number of rotatable bonds is 33. The van der Waals surface area contributed by atoms with Gasteiger partial charge in [0.2, 0.25) is 0 Å². The number of hydroxylamine groups is 8. The van der Waals surface area contributed by atoms with Crippen LogP contribution in [0.25, 0.3) is 0 Å². The van der Waals surface area contributed by atoms with Crippen molar-refractivity contribution in [2.75, 3.05) is 33.2 Å². The molecule has 0 aromatic heterocycles. The zero-order valence-corrected chi connectivity index (χ0v) is 40.3. The van der Waals surface area contributed by atoms with Gasteiger partial charge >= 0.3 is 47.8 Å². The van der Waals surface area contributed by atoms with E-state index in [-0.39, 0.29) is 174 Å². The smallest absolute Gasteiger partial charge is 0.333 e. The van der Waals surface area contributed by atoms with Crippen molar-refractivity contribution >= 4 is 95.0 Å². The number of ether oxygens (including phenoxy) is 5. The van der Waals surface area contributed by atoms with Crippen LogP contribution in [-0.4, -0.2) is 148 Å². The number of nitrogens with zero attached hydrogens (tertiary/aromatic N) is 4. The summed E-state index contributed by atoms with van der Waals surface area (Å²) in [5.41, 5.74) is -1.22. The second kappa shape index (κ2) is 29.7. The minimum atomic E-state index is -1.22. The molecule has 0 atom stereocenters. The molecule has 0 radical (unpaired) electrons. The van der Waals surface area contributed by atoms with E-state index < -0.39 is 107 Å². The molecule has 0 N–H and O–H groups in total. The standard InChI is InChI=1S/C45H56N4O25/c50-29-13-14-30(51)46(29)71-41(62)9-1-5-37(58)67-24-21-45(22-25-68-38(59)6-2-10-42(63)72-47-31(52)15-16-32(47)53,23-26-69-39(60)7-3-11-43(64)73-48-33(54)17-18-34(48)55)27-66-28-70-40(61)8-4-12-44(65)74-49-35(56)19-20-36(49)57/h1-28H2. The molecule has 406 valence electrons. The fourth-order valence-corrected chi connectivity index (χ4v) is 7.12. The maximum Gasteiger partial charge on any atom is 0.333 e. The molecular formula is C45H56N4O25. The Morgan fingerprint density at radius 1 is 0.324 bits per heavy atom. The van der Waals surface area contributed by atoms with Gasteiger partial charge in [-0.25, -0.2) is 19.2 Å². The van der Waals surface area contributed by atoms with Crippen LogP contribution >= 0.6 is 0 Å². The quantitative estimate of drug-likeness (QED) is 0.0282. The van der Waals surface area contributed by atoms with Crippen LogP contribution < -0.4 is 0 Å². The van der Waals surface area contributed by atoms with Crippen molar-refractivity contribution in [2.45, 2.75) is 148 Å². The van der Waals surface area contributed by atoms with Gasteiger partial charge in [0.25, 0.3) is 47.3 Å². The van der Waals surface area contributed by atoms with Gasteiger partial charge in [0.05, 0.1) is 26.4 Å². The Balaban J connectivity index is 1.35. The van der Waals surface area contributed by atoms with Crippen LogP contribution in [-0.2, 0) is 120 Å². The Morgan fingerprint density at radius 3 is 0.784 bits per heavy atom. The molecule has 74 heavy (non-hydrogen) atoms. The monoisotopic (exact) mass is 1050 g/mol. The SMILES string of the molecule is O=C(CCCC(=O)ON1C(=O)CCC1=O)OCCC(CCOC(=O)CCCC(=O)ON1C(=O)CCC1=O)(CCOC(=O)CCCC(=O)ON1C(=O)CCC1=O)COCOC(=O)CCCC(=O)ON1C(=O)CCC1=O. The zero-order valence-electron chi connectivity index (χ0n) is 40.3. The molecule has 4 rings (SSSR count). The number of hydrogen-bond acceptors (Lipinski definition) is 25. The summed E-state index contributed by atoms with van der Waals surface area (Å²) in [6.07, 6.45) is -4.27. The highest BCUT2D eigenvalue weighted by Gasteiger charge is 2.37. The van der Waals surface area contributed by atoms with E-state index in [1.165, 1.54) is 0 Å². The molecule has 29 heteroatoms. The number of amides is 8. The molecule has 0 aromatic rings. The van der Waals surface area contributed by atoms with Crippen LogP contribution in [0.1, 0.15) is 148 Å². The maximum atomic E-state index is 12.8. The molecule has 4 saturated heterocycles. The summed E-state index contributed by atoms with van der Waals surface area (Å²) in [7, 11) is 0. The largest absolute Gasteiger partial charge is 0.466 e. The van der Waals surface area contributed by atoms with Crippen molar-refractivity contribution < 1.29 is 120 Å². The van der Waals surface area contributed by atoms with Gasteiger partial charge in [-0.3, -0.25) is 57.5 Å². The van der Waals surface area contributed by atoms with Crippen molar-refractivity contribution in [3.05, 3.63) is 0 Å². The van der Waals surface area contributed by atoms with Crippen LogP contribution in [0, 0.1) is 5.41 Å². The van der Waals surface area contributed by atoms with E-state index in [2.05, 4.69) is 0 Å². The lowest BCUT2D eigenvalue weighted by Crippen LogP contribution is -2.34. The molecule has 4 aliphatic heterocycles. The number of imide groups is 4. The van der Waals surface area contributed by atoms with Crippen LogP contribution in [0.3, 0.4) is 0 Å². The first-order valence-electron chi connectivity index (χ1n) is 23.7. The van der Waals surface area contributed by atoms with Crippen molar-refractivity contribution in [1.82, 2.24) is 20.3 Å². The number of carbonyl (C=O) groups excluding carboxylic acids is 16. The van der Waals surface area contributed by atoms with Crippen molar-refractivity contribution in [3.8, 4) is 0 Å². The van der Waals surface area contributed by atoms with E-state index in [1.54, 1.807) is 0 Å². The minimum absolute atomic E-state index is 0.0906. The summed E-state index contributed by atoms with van der Waals surface area (Å²) in [6.45, 7) is -2.05. The topological polar surface area (TPSA) is 369 Å². The molecule has 4 fully saturated rings. The Bertz CT molecular complexity index is 1970. The molecule has 0 bridgehead atoms. The van der Waals surface area contributed by atoms with E-state index in [0.29, 0.717) is 20.3 Å². The third-order valence-corrected chi connectivity index (χ3v) is 11.2. The second-order valence-corrected chi connectivity index (χ2v) is 17.0. The third kappa shape index (κ3) is 20.1. The minimum Gasteiger partial charge on any atom is -0.466 e. The van der Waals surface area contributed by atoms with Gasteiger partial charge in [-0.15, -0.1) is 20.3 Å². The fraction of sp³-hybridized carbons (Fsp3) is 0.644. The Morgan fingerprint density at radius 2 is 0.541 bits per heavy atom. The first kappa shape index (κ1) is 58.8. The predicted molar refractivity (Wildman–Crippen MR) is 230 cm³/mol. The summed E-state index contributed by atoms with van der Waals surface area (Å²) in [5.74, 6) is -12.4. The van der Waals surface area contributed by atoms with Gasteiger partial charge in [0, 0.05) is 108 Å². The molecule has 0 unspecified atom stereocenters. The van der Waals surface area contributed by atoms with Crippen LogP contribution in [0.15, 0.2) is 0 Å². The van der Waals surface area contributed by atoms with Crippen LogP contribution in [0.5, 0.6) is 0 Å². The zero-order chi connectivity index (χ0) is 54.2. The van der Waals surface area contributed by atoms with Gasteiger partial charge < -0.3 is 43.0 Å². The summed E-state index contributed by atoms with van der Waals surface area (Å²) in [6, 6.07) is 0. The van der Waals surface area contributed by atoms with Crippen LogP contribution in [0.4, 0.5) is 0 Å². The molecule has 8 amide bonds. The van der Waals surface area contributed by atoms with Gasteiger partial charge in [-0.1, -0.05) is 0 Å². The lowest BCUT2D eigenvalue weighted by Gasteiger charge is -2.33. The average Bonchev–Trinajstić information content (AvgIpc) is 4.05. The van der Waals surface area contributed by atoms with E-state index in [0.717, 1.165) is 0 Å². The molecule has 0 spiro atoms. The molecule has 0 saturated carbocycles. The molecular weight excluding hydrogens is 996 g/mol. The summed E-state index contributed by atoms with van der Waals surface area (Å²) in [4.78, 5) is 213. The van der Waals surface area contributed by atoms with Gasteiger partial charge in [-0.05, 0) is 44.9 Å². The Hall–Kier alpha value is -7.72. The fourth-order valence-electron chi connectivity index (χ4n) is 7.12. The Kier molecular flexibility index (Phi) is 23.6. The highest BCUT2D eigenvalue weighted by Crippen LogP contribution is 2.33. The van der Waals surface area contributed by atoms with Gasteiger partial charge in [-0.2, -0.15) is 0 Å². The van der Waals surface area contributed by atoms with Crippen LogP contribution in [0.2, 0.25) is 0 Å². The normalized spacial score (nSPS) is 15.7. The third-order valence-electron chi connectivity index (χ3n) is 11.2. The second-order valence-electron chi connectivity index (χ2n) is 17.0.